The lowest BCUT2D eigenvalue weighted by atomic mass is 10.2. The molecule has 4 nitrogen and oxygen atoms in total. The highest BCUT2D eigenvalue weighted by atomic mass is 32.1. The van der Waals surface area contributed by atoms with Gasteiger partial charge >= 0.3 is 0 Å². The SMILES string of the molecule is Cc1ccc(CC(C)NCCCC(N)=NO)s1. The summed E-state index contributed by atoms with van der Waals surface area (Å²) in [5, 5.41) is 14.8. The van der Waals surface area contributed by atoms with E-state index in [4.69, 9.17) is 10.9 Å². The molecule has 1 atom stereocenters. The number of amidine groups is 1. The van der Waals surface area contributed by atoms with Gasteiger partial charge in [-0.05, 0) is 45.4 Å². The first kappa shape index (κ1) is 14.0. The van der Waals surface area contributed by atoms with Gasteiger partial charge in [0.1, 0.15) is 5.84 Å². The van der Waals surface area contributed by atoms with Crippen LogP contribution in [-0.2, 0) is 6.42 Å². The third-order valence-corrected chi connectivity index (χ3v) is 3.56. The van der Waals surface area contributed by atoms with E-state index in [1.165, 1.54) is 9.75 Å². The fraction of sp³-hybridized carbons (Fsp3) is 0.583. The molecule has 1 aromatic rings. The van der Waals surface area contributed by atoms with Crippen LogP contribution in [0.4, 0.5) is 0 Å². The summed E-state index contributed by atoms with van der Waals surface area (Å²) >= 11 is 1.85. The van der Waals surface area contributed by atoms with Crippen molar-refractivity contribution in [1.29, 1.82) is 0 Å². The van der Waals surface area contributed by atoms with Crippen LogP contribution in [-0.4, -0.2) is 23.6 Å². The average molecular weight is 255 g/mol. The maximum Gasteiger partial charge on any atom is 0.139 e. The number of oxime groups is 1. The Morgan fingerprint density at radius 3 is 2.94 bits per heavy atom. The standard InChI is InChI=1S/C12H21N3OS/c1-9(8-11-6-5-10(2)17-11)14-7-3-4-12(13)15-16/h5-6,9,14,16H,3-4,7-8H2,1-2H3,(H2,13,15). The van der Waals surface area contributed by atoms with Gasteiger partial charge in [0.25, 0.3) is 0 Å². The highest BCUT2D eigenvalue weighted by molar-refractivity contribution is 7.11. The highest BCUT2D eigenvalue weighted by Crippen LogP contribution is 2.16. The molecule has 1 heterocycles. The number of hydrogen-bond acceptors (Lipinski definition) is 4. The van der Waals surface area contributed by atoms with Crippen LogP contribution < -0.4 is 11.1 Å². The van der Waals surface area contributed by atoms with Gasteiger partial charge in [-0.2, -0.15) is 0 Å². The molecule has 0 aliphatic carbocycles. The van der Waals surface area contributed by atoms with Crippen LogP contribution in [0, 0.1) is 6.92 Å². The molecule has 0 saturated heterocycles. The molecule has 17 heavy (non-hydrogen) atoms. The molecular formula is C12H21N3OS. The van der Waals surface area contributed by atoms with Crippen LogP contribution in [0.3, 0.4) is 0 Å². The van der Waals surface area contributed by atoms with Gasteiger partial charge in [-0.15, -0.1) is 11.3 Å². The van der Waals surface area contributed by atoms with Crippen LogP contribution >= 0.6 is 11.3 Å². The van der Waals surface area contributed by atoms with E-state index in [1.54, 1.807) is 0 Å². The van der Waals surface area contributed by atoms with E-state index in [0.717, 1.165) is 19.4 Å². The van der Waals surface area contributed by atoms with Crippen molar-refractivity contribution in [3.63, 3.8) is 0 Å². The second-order valence-corrected chi connectivity index (χ2v) is 5.64. The summed E-state index contributed by atoms with van der Waals surface area (Å²) in [5.74, 6) is 0.299. The van der Waals surface area contributed by atoms with Gasteiger partial charge in [0, 0.05) is 22.2 Å². The molecular weight excluding hydrogens is 234 g/mol. The Kier molecular flexibility index (Phi) is 6.00. The van der Waals surface area contributed by atoms with E-state index in [9.17, 15) is 0 Å². The van der Waals surface area contributed by atoms with Crippen molar-refractivity contribution >= 4 is 17.2 Å². The summed E-state index contributed by atoms with van der Waals surface area (Å²) in [5.41, 5.74) is 5.39. The minimum absolute atomic E-state index is 0.299. The van der Waals surface area contributed by atoms with Gasteiger partial charge in [0.2, 0.25) is 0 Å². The van der Waals surface area contributed by atoms with Gasteiger partial charge in [0.15, 0.2) is 0 Å². The zero-order valence-corrected chi connectivity index (χ0v) is 11.3. The van der Waals surface area contributed by atoms with E-state index in [1.807, 2.05) is 11.3 Å². The zero-order valence-electron chi connectivity index (χ0n) is 10.4. The number of nitrogens with zero attached hydrogens (tertiary/aromatic N) is 1. The molecule has 0 radical (unpaired) electrons. The lowest BCUT2D eigenvalue weighted by Crippen LogP contribution is -2.29. The summed E-state index contributed by atoms with van der Waals surface area (Å²) in [6.45, 7) is 5.20. The Labute approximate surface area is 107 Å². The van der Waals surface area contributed by atoms with E-state index < -0.39 is 0 Å². The molecule has 96 valence electrons. The van der Waals surface area contributed by atoms with E-state index in [0.29, 0.717) is 18.3 Å². The predicted molar refractivity (Wildman–Crippen MR) is 72.9 cm³/mol. The van der Waals surface area contributed by atoms with Crippen molar-refractivity contribution in [1.82, 2.24) is 5.32 Å². The molecule has 5 heteroatoms. The van der Waals surface area contributed by atoms with Crippen molar-refractivity contribution in [3.8, 4) is 0 Å². The lowest BCUT2D eigenvalue weighted by Gasteiger charge is -2.12. The number of nitrogens with two attached hydrogens (primary N) is 1. The van der Waals surface area contributed by atoms with Crippen molar-refractivity contribution in [3.05, 3.63) is 21.9 Å². The van der Waals surface area contributed by atoms with Gasteiger partial charge in [-0.1, -0.05) is 5.16 Å². The summed E-state index contributed by atoms with van der Waals surface area (Å²) in [4.78, 5) is 2.78. The maximum absolute atomic E-state index is 8.38. The summed E-state index contributed by atoms with van der Waals surface area (Å²) in [6, 6.07) is 4.81. The molecule has 4 N–H and O–H groups in total. The maximum atomic E-state index is 8.38. The molecule has 0 saturated carbocycles. The minimum Gasteiger partial charge on any atom is -0.409 e. The summed E-state index contributed by atoms with van der Waals surface area (Å²) in [6.07, 6.45) is 2.58. The Hall–Kier alpha value is -1.07. The molecule has 1 unspecified atom stereocenters. The molecule has 1 aromatic heterocycles. The Morgan fingerprint density at radius 1 is 1.59 bits per heavy atom. The smallest absolute Gasteiger partial charge is 0.139 e. The number of hydrogen-bond donors (Lipinski definition) is 3. The van der Waals surface area contributed by atoms with Gasteiger partial charge < -0.3 is 16.3 Å². The van der Waals surface area contributed by atoms with Crippen molar-refractivity contribution < 1.29 is 5.21 Å². The average Bonchev–Trinajstić information content (AvgIpc) is 2.69. The molecule has 1 rings (SSSR count). The topological polar surface area (TPSA) is 70.6 Å². The molecule has 0 aromatic carbocycles. The van der Waals surface area contributed by atoms with E-state index in [2.05, 4.69) is 36.5 Å². The fourth-order valence-electron chi connectivity index (χ4n) is 1.64. The normalized spacial score (nSPS) is 13.9. The zero-order chi connectivity index (χ0) is 12.7. The Balaban J connectivity index is 2.15. The first-order valence-corrected chi connectivity index (χ1v) is 6.68. The van der Waals surface area contributed by atoms with Crippen molar-refractivity contribution in [2.45, 2.75) is 39.2 Å². The third-order valence-electron chi connectivity index (χ3n) is 2.53. The van der Waals surface area contributed by atoms with E-state index >= 15 is 0 Å². The van der Waals surface area contributed by atoms with E-state index in [-0.39, 0.29) is 0 Å². The quantitative estimate of drug-likeness (QED) is 0.230. The van der Waals surface area contributed by atoms with Gasteiger partial charge in [0.05, 0.1) is 0 Å². The summed E-state index contributed by atoms with van der Waals surface area (Å²) in [7, 11) is 0. The van der Waals surface area contributed by atoms with Crippen LogP contribution in [0.1, 0.15) is 29.5 Å². The molecule has 0 fully saturated rings. The van der Waals surface area contributed by atoms with Gasteiger partial charge in [-0.3, -0.25) is 0 Å². The van der Waals surface area contributed by atoms with Crippen LogP contribution in [0.25, 0.3) is 0 Å². The lowest BCUT2D eigenvalue weighted by molar-refractivity contribution is 0.316. The monoisotopic (exact) mass is 255 g/mol. The van der Waals surface area contributed by atoms with Crippen LogP contribution in [0.5, 0.6) is 0 Å². The predicted octanol–water partition coefficient (Wildman–Crippen LogP) is 2.10. The van der Waals surface area contributed by atoms with Crippen LogP contribution in [0.2, 0.25) is 0 Å². The summed E-state index contributed by atoms with van der Waals surface area (Å²) < 4.78 is 0. The molecule has 0 spiro atoms. The molecule has 0 amide bonds. The van der Waals surface area contributed by atoms with Crippen molar-refractivity contribution in [2.75, 3.05) is 6.54 Å². The fourth-order valence-corrected chi connectivity index (χ4v) is 2.66. The van der Waals surface area contributed by atoms with Crippen molar-refractivity contribution in [2.24, 2.45) is 10.9 Å². The minimum atomic E-state index is 0.299. The Morgan fingerprint density at radius 2 is 2.35 bits per heavy atom. The largest absolute Gasteiger partial charge is 0.409 e. The van der Waals surface area contributed by atoms with Gasteiger partial charge in [-0.25, -0.2) is 0 Å². The number of nitrogens with one attached hydrogen (secondary N) is 1. The number of thiophene rings is 1. The Bertz CT molecular complexity index is 362. The third kappa shape index (κ3) is 5.70. The molecule has 0 aliphatic rings. The molecule has 0 bridgehead atoms. The number of aryl methyl sites for hydroxylation is 1. The van der Waals surface area contributed by atoms with Crippen LogP contribution in [0.15, 0.2) is 17.3 Å². The number of rotatable bonds is 7. The molecule has 0 aliphatic heterocycles. The second-order valence-electron chi connectivity index (χ2n) is 4.27. The first-order valence-electron chi connectivity index (χ1n) is 5.87. The first-order chi connectivity index (χ1) is 8.11. The highest BCUT2D eigenvalue weighted by Gasteiger charge is 2.04. The second kappa shape index (κ2) is 7.29.